The van der Waals surface area contributed by atoms with Gasteiger partial charge in [-0.2, -0.15) is 0 Å². The monoisotopic (exact) mass is 340 g/mol. The number of fused-ring (bicyclic) bond motifs is 2. The van der Waals surface area contributed by atoms with E-state index in [1.54, 1.807) is 36.4 Å². The molecule has 0 radical (unpaired) electrons. The van der Waals surface area contributed by atoms with E-state index >= 15 is 0 Å². The van der Waals surface area contributed by atoms with Crippen LogP contribution in [-0.4, -0.2) is 30.3 Å². The maximum absolute atomic E-state index is 12.1. The van der Waals surface area contributed by atoms with Gasteiger partial charge in [-0.25, -0.2) is 9.78 Å². The van der Waals surface area contributed by atoms with E-state index < -0.39 is 18.5 Å². The van der Waals surface area contributed by atoms with Crippen molar-refractivity contribution in [3.8, 4) is 11.5 Å². The Balaban J connectivity index is 1.38. The molecule has 8 heteroatoms. The molecule has 1 aromatic heterocycles. The van der Waals surface area contributed by atoms with Crippen LogP contribution in [0.5, 0.6) is 11.5 Å². The summed E-state index contributed by atoms with van der Waals surface area (Å²) in [6.45, 7) is -0.278. The molecule has 4 rings (SSSR count). The van der Waals surface area contributed by atoms with Crippen molar-refractivity contribution in [2.45, 2.75) is 0 Å². The molecule has 8 nitrogen and oxygen atoms in total. The number of ether oxygens (including phenoxy) is 3. The summed E-state index contributed by atoms with van der Waals surface area (Å²) in [5, 5.41) is 2.62. The fourth-order valence-electron chi connectivity index (χ4n) is 2.43. The van der Waals surface area contributed by atoms with E-state index in [9.17, 15) is 9.59 Å². The van der Waals surface area contributed by atoms with Crippen LogP contribution in [-0.2, 0) is 9.53 Å². The van der Waals surface area contributed by atoms with Gasteiger partial charge in [-0.15, -0.1) is 0 Å². The summed E-state index contributed by atoms with van der Waals surface area (Å²) in [7, 11) is 0. The number of para-hydroxylation sites is 1. The molecule has 0 fully saturated rings. The van der Waals surface area contributed by atoms with E-state index in [-0.39, 0.29) is 12.4 Å². The number of anilines is 1. The number of oxazole rings is 1. The average molecular weight is 340 g/mol. The molecule has 25 heavy (non-hydrogen) atoms. The first kappa shape index (κ1) is 15.0. The summed E-state index contributed by atoms with van der Waals surface area (Å²) in [6, 6.07) is 9.89. The second-order valence-electron chi connectivity index (χ2n) is 5.20. The minimum absolute atomic E-state index is 0.151. The molecule has 0 bridgehead atoms. The summed E-state index contributed by atoms with van der Waals surface area (Å²) >= 11 is 0. The fraction of sp³-hybridized carbons (Fsp3) is 0.118. The van der Waals surface area contributed by atoms with Gasteiger partial charge in [-0.05, 0) is 24.3 Å². The Morgan fingerprint density at radius 3 is 2.96 bits per heavy atom. The van der Waals surface area contributed by atoms with Crippen molar-refractivity contribution >= 4 is 28.7 Å². The quantitative estimate of drug-likeness (QED) is 0.728. The SMILES string of the molecule is O=C(COC(=O)c1cccc2ocnc12)Nc1ccc2c(c1)OCO2. The summed E-state index contributed by atoms with van der Waals surface area (Å²) < 4.78 is 20.6. The van der Waals surface area contributed by atoms with Gasteiger partial charge in [0, 0.05) is 11.8 Å². The molecule has 1 N–H and O–H groups in total. The largest absolute Gasteiger partial charge is 0.454 e. The third kappa shape index (κ3) is 2.97. The Bertz CT molecular complexity index is 965. The molecule has 2 heterocycles. The van der Waals surface area contributed by atoms with Crippen LogP contribution in [0.15, 0.2) is 47.2 Å². The number of carbonyl (C=O) groups is 2. The highest BCUT2D eigenvalue weighted by Crippen LogP contribution is 2.34. The first-order valence-corrected chi connectivity index (χ1v) is 7.39. The third-order valence-corrected chi connectivity index (χ3v) is 3.57. The van der Waals surface area contributed by atoms with Crippen molar-refractivity contribution in [3.05, 3.63) is 48.4 Å². The van der Waals surface area contributed by atoms with Crippen LogP contribution >= 0.6 is 0 Å². The van der Waals surface area contributed by atoms with Gasteiger partial charge >= 0.3 is 5.97 Å². The zero-order valence-electron chi connectivity index (χ0n) is 12.9. The van der Waals surface area contributed by atoms with Gasteiger partial charge in [-0.1, -0.05) is 6.07 Å². The lowest BCUT2D eigenvalue weighted by atomic mass is 10.2. The van der Waals surface area contributed by atoms with Gasteiger partial charge in [-0.3, -0.25) is 4.79 Å². The molecule has 1 amide bonds. The highest BCUT2D eigenvalue weighted by Gasteiger charge is 2.17. The third-order valence-electron chi connectivity index (χ3n) is 3.57. The maximum atomic E-state index is 12.1. The minimum atomic E-state index is -0.652. The Morgan fingerprint density at radius 2 is 2.04 bits per heavy atom. The molecule has 0 aliphatic carbocycles. The van der Waals surface area contributed by atoms with Gasteiger partial charge in [0.2, 0.25) is 6.79 Å². The van der Waals surface area contributed by atoms with Crippen LogP contribution in [0, 0.1) is 0 Å². The molecule has 0 saturated heterocycles. The van der Waals surface area contributed by atoms with Gasteiger partial charge in [0.1, 0.15) is 5.52 Å². The Kier molecular flexibility index (Phi) is 3.70. The molecule has 0 saturated carbocycles. The average Bonchev–Trinajstić information content (AvgIpc) is 3.27. The van der Waals surface area contributed by atoms with Crippen LogP contribution in [0.2, 0.25) is 0 Å². The number of amides is 1. The fourth-order valence-corrected chi connectivity index (χ4v) is 2.43. The van der Waals surface area contributed by atoms with E-state index in [1.165, 1.54) is 6.39 Å². The van der Waals surface area contributed by atoms with Gasteiger partial charge < -0.3 is 23.9 Å². The van der Waals surface area contributed by atoms with E-state index in [4.69, 9.17) is 18.6 Å². The lowest BCUT2D eigenvalue weighted by Crippen LogP contribution is -2.21. The van der Waals surface area contributed by atoms with E-state index in [2.05, 4.69) is 10.3 Å². The van der Waals surface area contributed by atoms with Crippen molar-refractivity contribution in [1.29, 1.82) is 0 Å². The number of benzene rings is 2. The molecule has 0 unspecified atom stereocenters. The normalized spacial score (nSPS) is 12.2. The standard InChI is InChI=1S/C17H12N2O6/c20-15(19-10-4-5-12-14(6-10)25-9-24-12)7-22-17(21)11-2-1-3-13-16(11)18-8-23-13/h1-6,8H,7,9H2,(H,19,20). The first-order chi connectivity index (χ1) is 12.2. The summed E-state index contributed by atoms with van der Waals surface area (Å²) in [5.74, 6) is 0.0394. The van der Waals surface area contributed by atoms with E-state index in [0.29, 0.717) is 28.3 Å². The Morgan fingerprint density at radius 1 is 1.16 bits per heavy atom. The van der Waals surface area contributed by atoms with E-state index in [1.807, 2.05) is 0 Å². The zero-order valence-corrected chi connectivity index (χ0v) is 12.9. The van der Waals surface area contributed by atoms with Gasteiger partial charge in [0.15, 0.2) is 30.1 Å². The topological polar surface area (TPSA) is 99.9 Å². The molecule has 126 valence electrons. The lowest BCUT2D eigenvalue weighted by molar-refractivity contribution is -0.119. The number of hydrogen-bond donors (Lipinski definition) is 1. The number of esters is 1. The van der Waals surface area contributed by atoms with Crippen molar-refractivity contribution in [2.75, 3.05) is 18.7 Å². The first-order valence-electron chi connectivity index (χ1n) is 7.39. The zero-order chi connectivity index (χ0) is 17.2. The van der Waals surface area contributed by atoms with Crippen LogP contribution in [0.25, 0.3) is 11.1 Å². The molecule has 1 aliphatic rings. The maximum Gasteiger partial charge on any atom is 0.340 e. The van der Waals surface area contributed by atoms with Gasteiger partial charge in [0.05, 0.1) is 5.56 Å². The molecular formula is C17H12N2O6. The highest BCUT2D eigenvalue weighted by atomic mass is 16.7. The molecule has 2 aromatic carbocycles. The molecule has 0 spiro atoms. The Labute approximate surface area is 141 Å². The summed E-state index contributed by atoms with van der Waals surface area (Å²) in [6.07, 6.45) is 1.24. The highest BCUT2D eigenvalue weighted by molar-refractivity contribution is 6.02. The second-order valence-corrected chi connectivity index (χ2v) is 5.20. The smallest absolute Gasteiger partial charge is 0.340 e. The summed E-state index contributed by atoms with van der Waals surface area (Å²) in [4.78, 5) is 28.1. The van der Waals surface area contributed by atoms with Crippen molar-refractivity contribution in [3.63, 3.8) is 0 Å². The van der Waals surface area contributed by atoms with Gasteiger partial charge in [0.25, 0.3) is 5.91 Å². The minimum Gasteiger partial charge on any atom is -0.454 e. The molecule has 0 atom stereocenters. The number of nitrogens with zero attached hydrogens (tertiary/aromatic N) is 1. The number of aromatic nitrogens is 1. The predicted molar refractivity (Wildman–Crippen MR) is 85.5 cm³/mol. The molecular weight excluding hydrogens is 328 g/mol. The molecule has 3 aromatic rings. The second kappa shape index (κ2) is 6.16. The van der Waals surface area contributed by atoms with Crippen molar-refractivity contribution < 1.29 is 28.2 Å². The number of carbonyl (C=O) groups excluding carboxylic acids is 2. The van der Waals surface area contributed by atoms with Crippen LogP contribution in [0.3, 0.4) is 0 Å². The number of rotatable bonds is 4. The van der Waals surface area contributed by atoms with Crippen LogP contribution < -0.4 is 14.8 Å². The van der Waals surface area contributed by atoms with Crippen LogP contribution in [0.1, 0.15) is 10.4 Å². The van der Waals surface area contributed by atoms with Crippen LogP contribution in [0.4, 0.5) is 5.69 Å². The predicted octanol–water partition coefficient (Wildman–Crippen LogP) is 2.35. The lowest BCUT2D eigenvalue weighted by Gasteiger charge is -2.07. The Hall–Kier alpha value is -3.55. The van der Waals surface area contributed by atoms with Crippen molar-refractivity contribution in [2.24, 2.45) is 0 Å². The van der Waals surface area contributed by atoms with Crippen molar-refractivity contribution in [1.82, 2.24) is 4.98 Å². The number of hydrogen-bond acceptors (Lipinski definition) is 7. The van der Waals surface area contributed by atoms with E-state index in [0.717, 1.165) is 0 Å². The number of nitrogens with one attached hydrogen (secondary N) is 1. The summed E-state index contributed by atoms with van der Waals surface area (Å²) in [5.41, 5.74) is 1.62. The molecule has 1 aliphatic heterocycles.